The van der Waals surface area contributed by atoms with E-state index in [1.54, 1.807) is 36.4 Å². The molecule has 0 fully saturated rings. The Kier molecular flexibility index (Phi) is 9.34. The summed E-state index contributed by atoms with van der Waals surface area (Å²) in [5.74, 6) is -0.840. The van der Waals surface area contributed by atoms with Gasteiger partial charge in [0.15, 0.2) is 0 Å². The SMILES string of the molecule is CNC(=O)[C@@H](Cc1ccccc1)N(Cc1ccc(Cl)cc1)C(=O)CN(c1cc(C)cc(C)c1)S(C)(=O)=O. The molecule has 3 aromatic carbocycles. The van der Waals surface area contributed by atoms with Crippen LogP contribution >= 0.6 is 11.6 Å². The van der Waals surface area contributed by atoms with Crippen LogP contribution in [0.5, 0.6) is 0 Å². The summed E-state index contributed by atoms with van der Waals surface area (Å²) in [4.78, 5) is 28.4. The number of benzene rings is 3. The number of nitrogens with one attached hydrogen (secondary N) is 1. The number of likely N-dealkylation sites (N-methyl/N-ethyl adjacent to an activating group) is 1. The molecule has 0 unspecified atom stereocenters. The minimum atomic E-state index is -3.80. The second-order valence-electron chi connectivity index (χ2n) is 9.08. The monoisotopic (exact) mass is 541 g/mol. The van der Waals surface area contributed by atoms with E-state index in [0.29, 0.717) is 10.7 Å². The Labute approximate surface area is 224 Å². The Morgan fingerprint density at radius 2 is 1.51 bits per heavy atom. The molecule has 2 amide bonds. The number of rotatable bonds is 10. The normalized spacial score (nSPS) is 12.0. The maximum absolute atomic E-state index is 13.9. The van der Waals surface area contributed by atoms with Gasteiger partial charge in [0.1, 0.15) is 12.6 Å². The third kappa shape index (κ3) is 7.81. The van der Waals surface area contributed by atoms with Crippen LogP contribution in [0, 0.1) is 13.8 Å². The zero-order valence-electron chi connectivity index (χ0n) is 21.4. The molecule has 0 saturated carbocycles. The van der Waals surface area contributed by atoms with E-state index in [-0.39, 0.29) is 18.9 Å². The minimum Gasteiger partial charge on any atom is -0.357 e. The summed E-state index contributed by atoms with van der Waals surface area (Å²) in [7, 11) is -2.28. The van der Waals surface area contributed by atoms with Crippen molar-refractivity contribution in [3.63, 3.8) is 0 Å². The van der Waals surface area contributed by atoms with E-state index in [9.17, 15) is 18.0 Å². The predicted molar refractivity (Wildman–Crippen MR) is 148 cm³/mol. The Hall–Kier alpha value is -3.36. The van der Waals surface area contributed by atoms with E-state index in [1.807, 2.05) is 50.2 Å². The van der Waals surface area contributed by atoms with E-state index in [1.165, 1.54) is 11.9 Å². The Morgan fingerprint density at radius 3 is 2.05 bits per heavy atom. The molecule has 0 aromatic heterocycles. The number of carbonyl (C=O) groups is 2. The van der Waals surface area contributed by atoms with Gasteiger partial charge in [0, 0.05) is 25.0 Å². The van der Waals surface area contributed by atoms with Crippen LogP contribution in [0.25, 0.3) is 0 Å². The van der Waals surface area contributed by atoms with Crippen LogP contribution in [-0.2, 0) is 32.6 Å². The van der Waals surface area contributed by atoms with Crippen LogP contribution in [0.3, 0.4) is 0 Å². The van der Waals surface area contributed by atoms with Crippen molar-refractivity contribution >= 4 is 39.1 Å². The first-order valence-electron chi connectivity index (χ1n) is 11.8. The van der Waals surface area contributed by atoms with E-state index in [2.05, 4.69) is 5.32 Å². The van der Waals surface area contributed by atoms with Crippen molar-refractivity contribution in [1.29, 1.82) is 0 Å². The number of sulfonamides is 1. The third-order valence-electron chi connectivity index (χ3n) is 5.96. The lowest BCUT2D eigenvalue weighted by Crippen LogP contribution is -2.52. The van der Waals surface area contributed by atoms with Crippen LogP contribution in [0.2, 0.25) is 5.02 Å². The average molecular weight is 542 g/mol. The van der Waals surface area contributed by atoms with E-state index < -0.39 is 28.5 Å². The highest BCUT2D eigenvalue weighted by Gasteiger charge is 2.32. The molecule has 1 atom stereocenters. The topological polar surface area (TPSA) is 86.8 Å². The molecule has 0 radical (unpaired) electrons. The molecule has 3 aromatic rings. The molecular formula is C28H32ClN3O4S. The maximum atomic E-state index is 13.9. The molecule has 0 bridgehead atoms. The first-order valence-corrected chi connectivity index (χ1v) is 14.1. The second-order valence-corrected chi connectivity index (χ2v) is 11.4. The number of carbonyl (C=O) groups excluding carboxylic acids is 2. The molecule has 0 aliphatic rings. The van der Waals surface area contributed by atoms with E-state index >= 15 is 0 Å². The van der Waals surface area contributed by atoms with Crippen molar-refractivity contribution in [3.8, 4) is 0 Å². The van der Waals surface area contributed by atoms with Crippen LogP contribution in [0.4, 0.5) is 5.69 Å². The van der Waals surface area contributed by atoms with Gasteiger partial charge in [-0.3, -0.25) is 13.9 Å². The van der Waals surface area contributed by atoms with E-state index in [0.717, 1.165) is 32.8 Å². The van der Waals surface area contributed by atoms with Gasteiger partial charge in [-0.15, -0.1) is 0 Å². The van der Waals surface area contributed by atoms with Crippen molar-refractivity contribution < 1.29 is 18.0 Å². The summed E-state index contributed by atoms with van der Waals surface area (Å²) in [6, 6.07) is 20.9. The largest absolute Gasteiger partial charge is 0.357 e. The van der Waals surface area contributed by atoms with Gasteiger partial charge in [-0.25, -0.2) is 8.42 Å². The number of amides is 2. The molecular weight excluding hydrogens is 510 g/mol. The Bertz CT molecular complexity index is 1330. The molecule has 9 heteroatoms. The number of halogens is 1. The molecule has 7 nitrogen and oxygen atoms in total. The summed E-state index contributed by atoms with van der Waals surface area (Å²) in [5, 5.41) is 3.21. The van der Waals surface area contributed by atoms with Crippen molar-refractivity contribution in [2.75, 3.05) is 24.2 Å². The van der Waals surface area contributed by atoms with Gasteiger partial charge in [-0.2, -0.15) is 0 Å². The minimum absolute atomic E-state index is 0.103. The standard InChI is InChI=1S/C28H32ClN3O4S/c1-20-14-21(2)16-25(15-20)32(37(4,35)36)19-27(33)31(18-23-10-12-24(29)13-11-23)26(28(34)30-3)17-22-8-6-5-7-9-22/h5-16,26H,17-19H2,1-4H3,(H,30,34)/t26-/m1/s1. The van der Waals surface area contributed by atoms with Crippen molar-refractivity contribution in [2.45, 2.75) is 32.9 Å². The van der Waals surface area contributed by atoms with Crippen LogP contribution in [-0.4, -0.2) is 51.0 Å². The Morgan fingerprint density at radius 1 is 0.919 bits per heavy atom. The lowest BCUT2D eigenvalue weighted by Gasteiger charge is -2.33. The quantitative estimate of drug-likeness (QED) is 0.418. The predicted octanol–water partition coefficient (Wildman–Crippen LogP) is 4.11. The van der Waals surface area contributed by atoms with Gasteiger partial charge in [-0.1, -0.05) is 60.1 Å². The average Bonchev–Trinajstić information content (AvgIpc) is 2.84. The fraction of sp³-hybridized carbons (Fsp3) is 0.286. The highest BCUT2D eigenvalue weighted by atomic mass is 35.5. The second kappa shape index (κ2) is 12.3. The van der Waals surface area contributed by atoms with Gasteiger partial charge in [-0.05, 0) is 60.4 Å². The molecule has 37 heavy (non-hydrogen) atoms. The molecule has 0 saturated heterocycles. The number of aryl methyl sites for hydroxylation is 2. The lowest BCUT2D eigenvalue weighted by molar-refractivity contribution is -0.139. The third-order valence-corrected chi connectivity index (χ3v) is 7.35. The highest BCUT2D eigenvalue weighted by Crippen LogP contribution is 2.23. The number of anilines is 1. The fourth-order valence-electron chi connectivity index (χ4n) is 4.22. The molecule has 0 aliphatic carbocycles. The summed E-state index contributed by atoms with van der Waals surface area (Å²) in [6.45, 7) is 3.39. The van der Waals surface area contributed by atoms with Crippen LogP contribution in [0.1, 0.15) is 22.3 Å². The first kappa shape index (κ1) is 28.2. The lowest BCUT2D eigenvalue weighted by atomic mass is 10.0. The number of hydrogen-bond donors (Lipinski definition) is 1. The van der Waals surface area contributed by atoms with Crippen LogP contribution in [0.15, 0.2) is 72.8 Å². The van der Waals surface area contributed by atoms with Crippen molar-refractivity contribution in [3.05, 3.63) is 100 Å². The van der Waals surface area contributed by atoms with Gasteiger partial charge >= 0.3 is 0 Å². The van der Waals surface area contributed by atoms with Crippen molar-refractivity contribution in [2.24, 2.45) is 0 Å². The summed E-state index contributed by atoms with van der Waals surface area (Å²) < 4.78 is 26.7. The van der Waals surface area contributed by atoms with Gasteiger partial charge in [0.2, 0.25) is 21.8 Å². The molecule has 0 heterocycles. The molecule has 196 valence electrons. The molecule has 1 N–H and O–H groups in total. The summed E-state index contributed by atoms with van der Waals surface area (Å²) in [6.07, 6.45) is 1.34. The summed E-state index contributed by atoms with van der Waals surface area (Å²) >= 11 is 6.05. The molecule has 0 aliphatic heterocycles. The number of hydrogen-bond acceptors (Lipinski definition) is 4. The van der Waals surface area contributed by atoms with Crippen LogP contribution < -0.4 is 9.62 Å². The van der Waals surface area contributed by atoms with Gasteiger partial charge in [0.25, 0.3) is 0 Å². The zero-order chi connectivity index (χ0) is 27.2. The van der Waals surface area contributed by atoms with Gasteiger partial charge < -0.3 is 10.2 Å². The Balaban J connectivity index is 2.03. The van der Waals surface area contributed by atoms with E-state index in [4.69, 9.17) is 11.6 Å². The highest BCUT2D eigenvalue weighted by molar-refractivity contribution is 7.92. The first-order chi connectivity index (χ1) is 17.5. The smallest absolute Gasteiger partial charge is 0.244 e. The maximum Gasteiger partial charge on any atom is 0.244 e. The number of nitrogens with zero attached hydrogens (tertiary/aromatic N) is 2. The zero-order valence-corrected chi connectivity index (χ0v) is 23.0. The molecule has 3 rings (SSSR count). The summed E-state index contributed by atoms with van der Waals surface area (Å²) in [5.41, 5.74) is 3.79. The van der Waals surface area contributed by atoms with Gasteiger partial charge in [0.05, 0.1) is 11.9 Å². The van der Waals surface area contributed by atoms with Crippen molar-refractivity contribution in [1.82, 2.24) is 10.2 Å². The molecule has 0 spiro atoms. The fourth-order valence-corrected chi connectivity index (χ4v) is 5.17.